The topological polar surface area (TPSA) is 72.9 Å². The molecule has 17 heavy (non-hydrogen) atoms. The molecule has 1 saturated carbocycles. The minimum Gasteiger partial charge on any atom is -0.346 e. The normalized spacial score (nSPS) is 24.6. The van der Waals surface area contributed by atoms with Gasteiger partial charge in [0.25, 0.3) is 5.91 Å². The summed E-state index contributed by atoms with van der Waals surface area (Å²) in [7, 11) is 1.82. The highest BCUT2D eigenvalue weighted by atomic mass is 16.2. The lowest BCUT2D eigenvalue weighted by molar-refractivity contribution is 0.0894. The second-order valence-electron chi connectivity index (χ2n) is 4.72. The van der Waals surface area contributed by atoms with Crippen molar-refractivity contribution in [2.75, 3.05) is 6.54 Å². The van der Waals surface area contributed by atoms with Gasteiger partial charge >= 0.3 is 0 Å². The molecule has 1 fully saturated rings. The molecule has 2 atom stereocenters. The van der Waals surface area contributed by atoms with Crippen LogP contribution in [0.15, 0.2) is 12.4 Å². The van der Waals surface area contributed by atoms with E-state index in [2.05, 4.69) is 10.3 Å². The van der Waals surface area contributed by atoms with Crippen LogP contribution in [0.4, 0.5) is 0 Å². The molecule has 0 bridgehead atoms. The Hall–Kier alpha value is -1.36. The number of carbonyl (C=O) groups excluding carboxylic acids is 1. The SMILES string of the molecule is Cn1ccnc1C(=O)NC1CCCCC1CN. The molecule has 1 aliphatic carbocycles. The fourth-order valence-electron chi connectivity index (χ4n) is 2.50. The Bertz CT molecular complexity index is 388. The molecule has 1 aliphatic rings. The van der Waals surface area contributed by atoms with Gasteiger partial charge in [-0.3, -0.25) is 4.79 Å². The first kappa shape index (κ1) is 12.1. The van der Waals surface area contributed by atoms with Gasteiger partial charge in [0, 0.05) is 25.5 Å². The molecule has 5 heteroatoms. The van der Waals surface area contributed by atoms with E-state index >= 15 is 0 Å². The quantitative estimate of drug-likeness (QED) is 0.810. The molecule has 1 amide bonds. The molecule has 0 aliphatic heterocycles. The Kier molecular flexibility index (Phi) is 3.78. The average molecular weight is 236 g/mol. The number of nitrogens with one attached hydrogen (secondary N) is 1. The summed E-state index contributed by atoms with van der Waals surface area (Å²) < 4.78 is 1.73. The lowest BCUT2D eigenvalue weighted by atomic mass is 9.84. The van der Waals surface area contributed by atoms with E-state index in [4.69, 9.17) is 5.73 Å². The Labute approximate surface area is 101 Å². The van der Waals surface area contributed by atoms with Crippen molar-refractivity contribution in [2.45, 2.75) is 31.7 Å². The van der Waals surface area contributed by atoms with Gasteiger partial charge < -0.3 is 15.6 Å². The van der Waals surface area contributed by atoms with Crippen LogP contribution in [0.3, 0.4) is 0 Å². The van der Waals surface area contributed by atoms with Crippen LogP contribution in [-0.2, 0) is 7.05 Å². The highest BCUT2D eigenvalue weighted by Crippen LogP contribution is 2.23. The van der Waals surface area contributed by atoms with Gasteiger partial charge in [0.05, 0.1) is 0 Å². The lowest BCUT2D eigenvalue weighted by Gasteiger charge is -2.31. The van der Waals surface area contributed by atoms with Crippen molar-refractivity contribution in [1.29, 1.82) is 0 Å². The van der Waals surface area contributed by atoms with E-state index in [9.17, 15) is 4.79 Å². The number of hydrogen-bond donors (Lipinski definition) is 2. The van der Waals surface area contributed by atoms with Crippen LogP contribution < -0.4 is 11.1 Å². The third-order valence-corrected chi connectivity index (χ3v) is 3.55. The van der Waals surface area contributed by atoms with Crippen molar-refractivity contribution in [1.82, 2.24) is 14.9 Å². The largest absolute Gasteiger partial charge is 0.346 e. The third-order valence-electron chi connectivity index (χ3n) is 3.55. The Morgan fingerprint density at radius 1 is 1.59 bits per heavy atom. The maximum atomic E-state index is 12.0. The summed E-state index contributed by atoms with van der Waals surface area (Å²) in [4.78, 5) is 16.1. The van der Waals surface area contributed by atoms with Gasteiger partial charge in [0.15, 0.2) is 5.82 Å². The number of amides is 1. The number of aromatic nitrogens is 2. The molecule has 1 heterocycles. The number of nitrogens with zero attached hydrogens (tertiary/aromatic N) is 2. The fourth-order valence-corrected chi connectivity index (χ4v) is 2.50. The van der Waals surface area contributed by atoms with E-state index in [1.54, 1.807) is 17.0 Å². The van der Waals surface area contributed by atoms with E-state index in [0.29, 0.717) is 18.3 Å². The summed E-state index contributed by atoms with van der Waals surface area (Å²) in [5.41, 5.74) is 5.75. The summed E-state index contributed by atoms with van der Waals surface area (Å²) in [5, 5.41) is 3.06. The van der Waals surface area contributed by atoms with Gasteiger partial charge in [0.1, 0.15) is 0 Å². The highest BCUT2D eigenvalue weighted by Gasteiger charge is 2.26. The first-order chi connectivity index (χ1) is 8.22. The first-order valence-corrected chi connectivity index (χ1v) is 6.20. The van der Waals surface area contributed by atoms with Gasteiger partial charge in [-0.1, -0.05) is 12.8 Å². The lowest BCUT2D eigenvalue weighted by Crippen LogP contribution is -2.45. The standard InChI is InChI=1S/C12H20N4O/c1-16-7-6-14-11(16)12(17)15-10-5-3-2-4-9(10)8-13/h6-7,9-10H,2-5,8,13H2,1H3,(H,15,17). The van der Waals surface area contributed by atoms with Crippen molar-refractivity contribution in [3.8, 4) is 0 Å². The predicted octanol–water partition coefficient (Wildman–Crippen LogP) is 0.667. The third kappa shape index (κ3) is 2.66. The first-order valence-electron chi connectivity index (χ1n) is 6.20. The summed E-state index contributed by atoms with van der Waals surface area (Å²) in [5.74, 6) is 0.780. The smallest absolute Gasteiger partial charge is 0.287 e. The zero-order valence-corrected chi connectivity index (χ0v) is 10.2. The summed E-state index contributed by atoms with van der Waals surface area (Å²) >= 11 is 0. The number of imidazole rings is 1. The zero-order valence-electron chi connectivity index (χ0n) is 10.2. The summed E-state index contributed by atoms with van der Waals surface area (Å²) in [6, 6.07) is 0.206. The molecule has 1 aromatic rings. The minimum atomic E-state index is -0.0946. The van der Waals surface area contributed by atoms with E-state index in [0.717, 1.165) is 12.8 Å². The van der Waals surface area contributed by atoms with Crippen LogP contribution in [0.25, 0.3) is 0 Å². The van der Waals surface area contributed by atoms with Gasteiger partial charge in [-0.25, -0.2) is 4.98 Å². The number of hydrogen-bond acceptors (Lipinski definition) is 3. The van der Waals surface area contributed by atoms with Gasteiger partial charge in [-0.2, -0.15) is 0 Å². The maximum Gasteiger partial charge on any atom is 0.287 e. The highest BCUT2D eigenvalue weighted by molar-refractivity contribution is 5.90. The number of aryl methyl sites for hydroxylation is 1. The van der Waals surface area contributed by atoms with Crippen molar-refractivity contribution in [3.63, 3.8) is 0 Å². The van der Waals surface area contributed by atoms with Crippen molar-refractivity contribution >= 4 is 5.91 Å². The Morgan fingerprint density at radius 3 is 3.00 bits per heavy atom. The van der Waals surface area contributed by atoms with Gasteiger partial charge in [-0.15, -0.1) is 0 Å². The minimum absolute atomic E-state index is 0.0946. The van der Waals surface area contributed by atoms with E-state index in [-0.39, 0.29) is 11.9 Å². The van der Waals surface area contributed by atoms with Gasteiger partial charge in [-0.05, 0) is 25.3 Å². The van der Waals surface area contributed by atoms with Crippen LogP contribution in [-0.4, -0.2) is 28.0 Å². The molecule has 94 valence electrons. The molecule has 3 N–H and O–H groups in total. The van der Waals surface area contributed by atoms with Crippen LogP contribution >= 0.6 is 0 Å². The number of nitrogens with two attached hydrogens (primary N) is 1. The van der Waals surface area contributed by atoms with E-state index in [1.807, 2.05) is 7.05 Å². The molecular formula is C12H20N4O. The monoisotopic (exact) mass is 236 g/mol. The average Bonchev–Trinajstić information content (AvgIpc) is 2.76. The maximum absolute atomic E-state index is 12.0. The molecular weight excluding hydrogens is 216 g/mol. The fraction of sp³-hybridized carbons (Fsp3) is 0.667. The molecule has 2 unspecified atom stereocenters. The van der Waals surface area contributed by atoms with Crippen LogP contribution in [0, 0.1) is 5.92 Å². The molecule has 5 nitrogen and oxygen atoms in total. The van der Waals surface area contributed by atoms with Crippen LogP contribution in [0.5, 0.6) is 0 Å². The Balaban J connectivity index is 2.00. The van der Waals surface area contributed by atoms with Crippen molar-refractivity contribution in [2.24, 2.45) is 18.7 Å². The van der Waals surface area contributed by atoms with Crippen molar-refractivity contribution in [3.05, 3.63) is 18.2 Å². The van der Waals surface area contributed by atoms with Crippen LogP contribution in [0.1, 0.15) is 36.3 Å². The molecule has 0 spiro atoms. The second-order valence-corrected chi connectivity index (χ2v) is 4.72. The van der Waals surface area contributed by atoms with Crippen molar-refractivity contribution < 1.29 is 4.79 Å². The predicted molar refractivity (Wildman–Crippen MR) is 65.5 cm³/mol. The zero-order chi connectivity index (χ0) is 12.3. The second kappa shape index (κ2) is 5.31. The molecule has 1 aromatic heterocycles. The molecule has 2 rings (SSSR count). The summed E-state index contributed by atoms with van der Waals surface area (Å²) in [6.45, 7) is 0.644. The summed E-state index contributed by atoms with van der Waals surface area (Å²) in [6.07, 6.45) is 7.94. The van der Waals surface area contributed by atoms with Crippen LogP contribution in [0.2, 0.25) is 0 Å². The molecule has 0 radical (unpaired) electrons. The molecule has 0 saturated heterocycles. The number of rotatable bonds is 3. The van der Waals surface area contributed by atoms with E-state index < -0.39 is 0 Å². The number of carbonyl (C=O) groups is 1. The van der Waals surface area contributed by atoms with Gasteiger partial charge in [0.2, 0.25) is 0 Å². The molecule has 0 aromatic carbocycles. The Morgan fingerprint density at radius 2 is 2.35 bits per heavy atom. The van der Waals surface area contributed by atoms with E-state index in [1.165, 1.54) is 12.8 Å².